The quantitative estimate of drug-likeness (QED) is 0.855. The van der Waals surface area contributed by atoms with E-state index in [0.29, 0.717) is 24.5 Å². The smallest absolute Gasteiger partial charge is 0.137 e. The van der Waals surface area contributed by atoms with Crippen molar-refractivity contribution in [2.45, 2.75) is 32.1 Å². The zero-order chi connectivity index (χ0) is 13.5. The van der Waals surface area contributed by atoms with Gasteiger partial charge in [-0.15, -0.1) is 0 Å². The van der Waals surface area contributed by atoms with Crippen LogP contribution < -0.4 is 10.1 Å². The van der Waals surface area contributed by atoms with Gasteiger partial charge >= 0.3 is 0 Å². The molecule has 1 aromatic rings. The molecule has 0 amide bonds. The van der Waals surface area contributed by atoms with Gasteiger partial charge in [-0.3, -0.25) is 4.79 Å². The number of carbonyl (C=O) groups excluding carboxylic acids is 1. The molecule has 1 atom stereocenters. The molecule has 1 fully saturated rings. The SMILES string of the molecule is COc1cccc(CC(=O)CCC2CCCNC2)c1. The molecule has 0 bridgehead atoms. The summed E-state index contributed by atoms with van der Waals surface area (Å²) in [5.74, 6) is 1.84. The van der Waals surface area contributed by atoms with Crippen LogP contribution in [-0.2, 0) is 11.2 Å². The second-order valence-electron chi connectivity index (χ2n) is 5.32. The second kappa shape index (κ2) is 7.29. The highest BCUT2D eigenvalue weighted by Gasteiger charge is 2.14. The second-order valence-corrected chi connectivity index (χ2v) is 5.32. The molecule has 19 heavy (non-hydrogen) atoms. The van der Waals surface area contributed by atoms with E-state index in [1.165, 1.54) is 12.8 Å². The third kappa shape index (κ3) is 4.67. The van der Waals surface area contributed by atoms with Crippen molar-refractivity contribution in [1.29, 1.82) is 0 Å². The molecule has 1 saturated heterocycles. The Kier molecular flexibility index (Phi) is 5.40. The van der Waals surface area contributed by atoms with Crippen LogP contribution in [0.3, 0.4) is 0 Å². The topological polar surface area (TPSA) is 38.3 Å². The monoisotopic (exact) mass is 261 g/mol. The fourth-order valence-electron chi connectivity index (χ4n) is 2.63. The molecule has 1 N–H and O–H groups in total. The Bertz CT molecular complexity index is 411. The standard InChI is InChI=1S/C16H23NO2/c1-19-16-6-2-4-14(11-16)10-15(18)8-7-13-5-3-9-17-12-13/h2,4,6,11,13,17H,3,5,7-10,12H2,1H3. The number of methoxy groups -OCH3 is 1. The molecular weight excluding hydrogens is 238 g/mol. The van der Waals surface area contributed by atoms with Crippen molar-refractivity contribution in [1.82, 2.24) is 5.32 Å². The fourth-order valence-corrected chi connectivity index (χ4v) is 2.63. The van der Waals surface area contributed by atoms with E-state index in [1.54, 1.807) is 7.11 Å². The summed E-state index contributed by atoms with van der Waals surface area (Å²) in [6.07, 6.45) is 4.75. The Labute approximate surface area is 115 Å². The first-order valence-corrected chi connectivity index (χ1v) is 7.13. The summed E-state index contributed by atoms with van der Waals surface area (Å²) in [5.41, 5.74) is 1.05. The van der Waals surface area contributed by atoms with Crippen LogP contribution in [0.25, 0.3) is 0 Å². The van der Waals surface area contributed by atoms with E-state index >= 15 is 0 Å². The van der Waals surface area contributed by atoms with Gasteiger partial charge in [0.05, 0.1) is 7.11 Å². The number of hydrogen-bond donors (Lipinski definition) is 1. The first-order valence-electron chi connectivity index (χ1n) is 7.13. The van der Waals surface area contributed by atoms with Gasteiger partial charge in [0.25, 0.3) is 0 Å². The van der Waals surface area contributed by atoms with Gasteiger partial charge in [-0.2, -0.15) is 0 Å². The molecule has 2 rings (SSSR count). The summed E-state index contributed by atoms with van der Waals surface area (Å²) >= 11 is 0. The largest absolute Gasteiger partial charge is 0.497 e. The van der Waals surface area contributed by atoms with E-state index in [1.807, 2.05) is 24.3 Å². The molecule has 3 heteroatoms. The van der Waals surface area contributed by atoms with Crippen molar-refractivity contribution in [3.05, 3.63) is 29.8 Å². The van der Waals surface area contributed by atoms with Gasteiger partial charge in [0, 0.05) is 12.8 Å². The molecule has 0 aliphatic carbocycles. The summed E-state index contributed by atoms with van der Waals surface area (Å²) in [6, 6.07) is 7.77. The fraction of sp³-hybridized carbons (Fsp3) is 0.562. The maximum atomic E-state index is 12.0. The van der Waals surface area contributed by atoms with Crippen LogP contribution >= 0.6 is 0 Å². The van der Waals surface area contributed by atoms with Crippen LogP contribution in [0.4, 0.5) is 0 Å². The molecule has 1 aromatic carbocycles. The van der Waals surface area contributed by atoms with Crippen LogP contribution in [0.2, 0.25) is 0 Å². The molecule has 1 aliphatic rings. The van der Waals surface area contributed by atoms with Crippen LogP contribution in [0.1, 0.15) is 31.2 Å². The molecule has 0 aromatic heterocycles. The number of ether oxygens (including phenoxy) is 1. The van der Waals surface area contributed by atoms with Crippen LogP contribution in [0.5, 0.6) is 5.75 Å². The van der Waals surface area contributed by atoms with Crippen molar-refractivity contribution in [3.63, 3.8) is 0 Å². The lowest BCUT2D eigenvalue weighted by Gasteiger charge is -2.22. The van der Waals surface area contributed by atoms with Crippen LogP contribution in [-0.4, -0.2) is 26.0 Å². The molecular formula is C16H23NO2. The number of nitrogens with one attached hydrogen (secondary N) is 1. The Morgan fingerprint density at radius 3 is 3.11 bits per heavy atom. The predicted molar refractivity (Wildman–Crippen MR) is 76.5 cm³/mol. The average molecular weight is 261 g/mol. The predicted octanol–water partition coefficient (Wildman–Crippen LogP) is 2.59. The van der Waals surface area contributed by atoms with Crippen LogP contribution in [0.15, 0.2) is 24.3 Å². The number of Topliss-reactive ketones (excluding diaryl/α,β-unsaturated/α-hetero) is 1. The summed E-state index contributed by atoms with van der Waals surface area (Å²) < 4.78 is 5.17. The van der Waals surface area contributed by atoms with Gasteiger partial charge in [-0.05, 0) is 56.0 Å². The zero-order valence-corrected chi connectivity index (χ0v) is 11.7. The number of ketones is 1. The summed E-state index contributed by atoms with van der Waals surface area (Å²) in [4.78, 5) is 12.0. The lowest BCUT2D eigenvalue weighted by Crippen LogP contribution is -2.30. The van der Waals surface area contributed by atoms with E-state index in [4.69, 9.17) is 4.74 Å². The van der Waals surface area contributed by atoms with Gasteiger partial charge in [0.1, 0.15) is 11.5 Å². The first-order chi connectivity index (χ1) is 9.28. The third-order valence-corrected chi connectivity index (χ3v) is 3.77. The van der Waals surface area contributed by atoms with Gasteiger partial charge in [-0.1, -0.05) is 12.1 Å². The molecule has 1 aliphatic heterocycles. The molecule has 0 radical (unpaired) electrons. The molecule has 104 valence electrons. The summed E-state index contributed by atoms with van der Waals surface area (Å²) in [7, 11) is 1.65. The Morgan fingerprint density at radius 1 is 1.47 bits per heavy atom. The summed E-state index contributed by atoms with van der Waals surface area (Å²) in [5, 5.41) is 3.40. The van der Waals surface area contributed by atoms with Crippen molar-refractivity contribution in [2.75, 3.05) is 20.2 Å². The van der Waals surface area contributed by atoms with E-state index in [-0.39, 0.29) is 0 Å². The van der Waals surface area contributed by atoms with Gasteiger partial charge in [0.2, 0.25) is 0 Å². The molecule has 1 heterocycles. The average Bonchev–Trinajstić information content (AvgIpc) is 2.46. The van der Waals surface area contributed by atoms with E-state index < -0.39 is 0 Å². The Hall–Kier alpha value is -1.35. The highest BCUT2D eigenvalue weighted by Crippen LogP contribution is 2.18. The number of piperidine rings is 1. The highest BCUT2D eigenvalue weighted by atomic mass is 16.5. The van der Waals surface area contributed by atoms with Crippen molar-refractivity contribution < 1.29 is 9.53 Å². The van der Waals surface area contributed by atoms with Crippen molar-refractivity contribution in [2.24, 2.45) is 5.92 Å². The third-order valence-electron chi connectivity index (χ3n) is 3.77. The Balaban J connectivity index is 1.76. The highest BCUT2D eigenvalue weighted by molar-refractivity contribution is 5.80. The maximum Gasteiger partial charge on any atom is 0.137 e. The number of rotatable bonds is 6. The number of benzene rings is 1. The van der Waals surface area contributed by atoms with Gasteiger partial charge in [-0.25, -0.2) is 0 Å². The van der Waals surface area contributed by atoms with E-state index in [0.717, 1.165) is 30.8 Å². The van der Waals surface area contributed by atoms with E-state index in [9.17, 15) is 4.79 Å². The number of hydrogen-bond acceptors (Lipinski definition) is 3. The zero-order valence-electron chi connectivity index (χ0n) is 11.7. The molecule has 3 nitrogen and oxygen atoms in total. The minimum atomic E-state index is 0.332. The van der Waals surface area contributed by atoms with Crippen molar-refractivity contribution >= 4 is 5.78 Å². The Morgan fingerprint density at radius 2 is 2.37 bits per heavy atom. The summed E-state index contributed by atoms with van der Waals surface area (Å²) in [6.45, 7) is 2.21. The van der Waals surface area contributed by atoms with Crippen molar-refractivity contribution in [3.8, 4) is 5.75 Å². The van der Waals surface area contributed by atoms with Crippen LogP contribution in [0, 0.1) is 5.92 Å². The lowest BCUT2D eigenvalue weighted by molar-refractivity contribution is -0.118. The molecule has 1 unspecified atom stereocenters. The lowest BCUT2D eigenvalue weighted by atomic mass is 9.92. The normalized spacial score (nSPS) is 19.1. The molecule has 0 spiro atoms. The maximum absolute atomic E-state index is 12.0. The first kappa shape index (κ1) is 14.1. The number of carbonyl (C=O) groups is 1. The molecule has 0 saturated carbocycles. The minimum absolute atomic E-state index is 0.332. The van der Waals surface area contributed by atoms with Gasteiger partial charge < -0.3 is 10.1 Å². The minimum Gasteiger partial charge on any atom is -0.497 e. The van der Waals surface area contributed by atoms with E-state index in [2.05, 4.69) is 5.32 Å². The van der Waals surface area contributed by atoms with Gasteiger partial charge in [0.15, 0.2) is 0 Å².